The van der Waals surface area contributed by atoms with Gasteiger partial charge in [-0.25, -0.2) is 0 Å². The Morgan fingerprint density at radius 3 is 1.78 bits per heavy atom. The fraction of sp³-hybridized carbons (Fsp3) is 0.750. The minimum atomic E-state index is -0.961. The second kappa shape index (κ2) is 10.9. The SMILES string of the molecule is ClCCl.O=C(O)CCO. The Bertz CT molecular complexity index is 66.8. The van der Waals surface area contributed by atoms with E-state index in [0.29, 0.717) is 0 Å². The van der Waals surface area contributed by atoms with Crippen molar-refractivity contribution < 1.29 is 15.0 Å². The Morgan fingerprint density at radius 2 is 1.78 bits per heavy atom. The van der Waals surface area contributed by atoms with E-state index in [-0.39, 0.29) is 18.4 Å². The molecule has 0 heterocycles. The molecule has 0 radical (unpaired) electrons. The molecule has 0 saturated heterocycles. The van der Waals surface area contributed by atoms with Crippen LogP contribution in [-0.4, -0.2) is 28.1 Å². The van der Waals surface area contributed by atoms with Gasteiger partial charge in [0, 0.05) is 0 Å². The van der Waals surface area contributed by atoms with Crippen LogP contribution in [0.5, 0.6) is 0 Å². The number of hydrogen-bond acceptors (Lipinski definition) is 2. The molecule has 56 valence electrons. The van der Waals surface area contributed by atoms with E-state index in [2.05, 4.69) is 0 Å². The van der Waals surface area contributed by atoms with Crippen LogP contribution in [0.4, 0.5) is 0 Å². The molecule has 0 amide bonds. The van der Waals surface area contributed by atoms with Crippen molar-refractivity contribution in [3.05, 3.63) is 0 Å². The highest BCUT2D eigenvalue weighted by Gasteiger charge is 1.88. The number of alkyl halides is 2. The molecule has 0 unspecified atom stereocenters. The van der Waals surface area contributed by atoms with Crippen LogP contribution in [-0.2, 0) is 4.79 Å². The molecule has 0 rings (SSSR count). The van der Waals surface area contributed by atoms with Crippen molar-refractivity contribution in [1.82, 2.24) is 0 Å². The third kappa shape index (κ3) is 31.9. The van der Waals surface area contributed by atoms with Gasteiger partial charge in [0.05, 0.1) is 18.4 Å². The number of carboxylic acid groups (broad SMARTS) is 1. The lowest BCUT2D eigenvalue weighted by atomic mass is 10.5. The van der Waals surface area contributed by atoms with E-state index < -0.39 is 5.97 Å². The summed E-state index contributed by atoms with van der Waals surface area (Å²) in [5.41, 5.74) is 0. The summed E-state index contributed by atoms with van der Waals surface area (Å²) in [5.74, 6) is -0.961. The lowest BCUT2D eigenvalue weighted by molar-refractivity contribution is -0.137. The molecule has 9 heavy (non-hydrogen) atoms. The Hall–Kier alpha value is 0.01000. The van der Waals surface area contributed by atoms with Crippen LogP contribution in [0.2, 0.25) is 0 Å². The first kappa shape index (κ1) is 11.8. The Kier molecular flexibility index (Phi) is 14.2. The first-order valence-corrected chi connectivity index (χ1v) is 3.20. The van der Waals surface area contributed by atoms with Crippen LogP contribution in [0.1, 0.15) is 6.42 Å². The molecule has 0 aliphatic rings. The van der Waals surface area contributed by atoms with Crippen LogP contribution < -0.4 is 0 Å². The molecule has 2 N–H and O–H groups in total. The zero-order valence-electron chi connectivity index (χ0n) is 4.68. The van der Waals surface area contributed by atoms with Gasteiger partial charge in [-0.3, -0.25) is 4.79 Å². The highest BCUT2D eigenvalue weighted by Crippen LogP contribution is 1.73. The quantitative estimate of drug-likeness (QED) is 0.612. The van der Waals surface area contributed by atoms with Gasteiger partial charge in [0.2, 0.25) is 0 Å². The standard InChI is InChI=1S/C3H6O3.CH2Cl2/c4-2-1-3(5)6;2-1-3/h4H,1-2H2,(H,5,6);1H2. The molecule has 0 aliphatic heterocycles. The molecule has 0 bridgehead atoms. The molecule has 0 fully saturated rings. The Morgan fingerprint density at radius 1 is 1.44 bits per heavy atom. The van der Waals surface area contributed by atoms with Gasteiger partial charge in [-0.15, -0.1) is 23.2 Å². The first-order chi connectivity index (χ1) is 4.18. The molecule has 5 heteroatoms. The average molecular weight is 175 g/mol. The molecule has 0 spiro atoms. The van der Waals surface area contributed by atoms with Crippen LogP contribution in [0.3, 0.4) is 0 Å². The smallest absolute Gasteiger partial charge is 0.305 e. The number of aliphatic hydroxyl groups excluding tert-OH is 1. The summed E-state index contributed by atoms with van der Waals surface area (Å²) in [6, 6.07) is 0. The van der Waals surface area contributed by atoms with E-state index in [9.17, 15) is 4.79 Å². The van der Waals surface area contributed by atoms with Gasteiger partial charge in [-0.1, -0.05) is 0 Å². The predicted molar refractivity (Wildman–Crippen MR) is 35.9 cm³/mol. The van der Waals surface area contributed by atoms with Gasteiger partial charge < -0.3 is 10.2 Å². The minimum Gasteiger partial charge on any atom is -0.481 e. The molecular formula is C4H8Cl2O3. The van der Waals surface area contributed by atoms with Crippen LogP contribution in [0, 0.1) is 0 Å². The maximum absolute atomic E-state index is 9.44. The van der Waals surface area contributed by atoms with Gasteiger partial charge in [-0.2, -0.15) is 0 Å². The maximum atomic E-state index is 9.44. The van der Waals surface area contributed by atoms with Gasteiger partial charge in [0.1, 0.15) is 0 Å². The van der Waals surface area contributed by atoms with E-state index >= 15 is 0 Å². The lowest BCUT2D eigenvalue weighted by Crippen LogP contribution is -1.96. The summed E-state index contributed by atoms with van der Waals surface area (Å²) in [6.45, 7) is -0.269. The summed E-state index contributed by atoms with van der Waals surface area (Å²) in [5, 5.41) is 15.8. The number of aliphatic hydroxyl groups is 1. The van der Waals surface area contributed by atoms with Crippen molar-refractivity contribution in [2.45, 2.75) is 6.42 Å². The van der Waals surface area contributed by atoms with E-state index in [1.54, 1.807) is 0 Å². The van der Waals surface area contributed by atoms with E-state index in [4.69, 9.17) is 33.4 Å². The molecule has 0 aliphatic carbocycles. The van der Waals surface area contributed by atoms with Crippen molar-refractivity contribution >= 4 is 29.2 Å². The third-order valence-electron chi connectivity index (χ3n) is 0.326. The largest absolute Gasteiger partial charge is 0.481 e. The van der Waals surface area contributed by atoms with Gasteiger partial charge in [0.15, 0.2) is 0 Å². The summed E-state index contributed by atoms with van der Waals surface area (Å²) in [4.78, 5) is 9.44. The van der Waals surface area contributed by atoms with Crippen molar-refractivity contribution in [3.8, 4) is 0 Å². The fourth-order valence-electron chi connectivity index (χ4n) is 0.0956. The number of carbonyl (C=O) groups is 1. The Balaban J connectivity index is 0. The highest BCUT2D eigenvalue weighted by molar-refractivity contribution is 6.40. The number of carboxylic acids is 1. The molecule has 0 aromatic carbocycles. The average Bonchev–Trinajstić information content (AvgIpc) is 1.67. The maximum Gasteiger partial charge on any atom is 0.305 e. The molecule has 0 aromatic rings. The zero-order valence-corrected chi connectivity index (χ0v) is 6.19. The van der Waals surface area contributed by atoms with Gasteiger partial charge >= 0.3 is 5.97 Å². The van der Waals surface area contributed by atoms with Crippen LogP contribution in [0.25, 0.3) is 0 Å². The summed E-state index contributed by atoms with van der Waals surface area (Å²) < 4.78 is 0. The second-order valence-electron chi connectivity index (χ2n) is 0.968. The Labute approximate surface area is 63.2 Å². The van der Waals surface area contributed by atoms with E-state index in [1.807, 2.05) is 0 Å². The van der Waals surface area contributed by atoms with Crippen molar-refractivity contribution in [2.75, 3.05) is 11.9 Å². The lowest BCUT2D eigenvalue weighted by Gasteiger charge is -1.79. The summed E-state index contributed by atoms with van der Waals surface area (Å²) >= 11 is 9.53. The molecule has 0 aromatic heterocycles. The number of halogens is 2. The normalized spacial score (nSPS) is 7.44. The zero-order chi connectivity index (χ0) is 7.70. The predicted octanol–water partition coefficient (Wildman–Crippen LogP) is 0.875. The highest BCUT2D eigenvalue weighted by atomic mass is 35.5. The molecular weight excluding hydrogens is 167 g/mol. The molecule has 3 nitrogen and oxygen atoms in total. The van der Waals surface area contributed by atoms with E-state index in [0.717, 1.165) is 0 Å². The van der Waals surface area contributed by atoms with Crippen molar-refractivity contribution in [2.24, 2.45) is 0 Å². The second-order valence-corrected chi connectivity index (χ2v) is 1.78. The summed E-state index contributed by atoms with van der Waals surface area (Å²) in [6.07, 6.45) is -0.153. The molecule has 0 saturated carbocycles. The van der Waals surface area contributed by atoms with E-state index in [1.165, 1.54) is 0 Å². The van der Waals surface area contributed by atoms with Crippen LogP contribution in [0.15, 0.2) is 0 Å². The van der Waals surface area contributed by atoms with Crippen molar-refractivity contribution in [3.63, 3.8) is 0 Å². The molecule has 0 atom stereocenters. The topological polar surface area (TPSA) is 57.5 Å². The van der Waals surface area contributed by atoms with Crippen LogP contribution >= 0.6 is 23.2 Å². The van der Waals surface area contributed by atoms with Crippen molar-refractivity contribution in [1.29, 1.82) is 0 Å². The van der Waals surface area contributed by atoms with Gasteiger partial charge in [-0.05, 0) is 0 Å². The number of rotatable bonds is 2. The summed E-state index contributed by atoms with van der Waals surface area (Å²) in [7, 11) is 0. The fourth-order valence-corrected chi connectivity index (χ4v) is 0.0956. The van der Waals surface area contributed by atoms with Gasteiger partial charge in [0.25, 0.3) is 0 Å². The first-order valence-electron chi connectivity index (χ1n) is 2.13. The monoisotopic (exact) mass is 174 g/mol. The minimum absolute atomic E-state index is 0.153. The number of hydrogen-bond donors (Lipinski definition) is 2. The number of aliphatic carboxylic acids is 1. The third-order valence-corrected chi connectivity index (χ3v) is 0.326.